The summed E-state index contributed by atoms with van der Waals surface area (Å²) in [7, 11) is -3.55. The molecule has 7 heteroatoms. The topological polar surface area (TPSA) is 80.8 Å². The maximum absolute atomic E-state index is 12.6. The van der Waals surface area contributed by atoms with Crippen molar-refractivity contribution in [3.8, 4) is 0 Å². The second kappa shape index (κ2) is 8.45. The molecule has 3 rings (SSSR count). The Balaban J connectivity index is 1.51. The van der Waals surface area contributed by atoms with Crippen molar-refractivity contribution in [2.75, 3.05) is 19.7 Å². The van der Waals surface area contributed by atoms with E-state index in [2.05, 4.69) is 0 Å². The molecule has 1 fully saturated rings. The van der Waals surface area contributed by atoms with Gasteiger partial charge in [0, 0.05) is 18.7 Å². The number of carbonyl (C=O) groups excluding carboxylic acids is 2. The van der Waals surface area contributed by atoms with Gasteiger partial charge >= 0.3 is 5.97 Å². The van der Waals surface area contributed by atoms with Crippen LogP contribution in [0.15, 0.2) is 65.6 Å². The van der Waals surface area contributed by atoms with Gasteiger partial charge in [-0.15, -0.1) is 0 Å². The molecule has 0 aromatic heterocycles. The van der Waals surface area contributed by atoms with Gasteiger partial charge in [-0.2, -0.15) is 4.31 Å². The number of esters is 1. The second-order valence-electron chi connectivity index (χ2n) is 6.39. The Morgan fingerprint density at radius 3 is 2.07 bits per heavy atom. The lowest BCUT2D eigenvalue weighted by molar-refractivity contribution is -0.148. The van der Waals surface area contributed by atoms with Crippen LogP contribution in [0.5, 0.6) is 0 Å². The van der Waals surface area contributed by atoms with Crippen LogP contribution < -0.4 is 0 Å². The van der Waals surface area contributed by atoms with Crippen molar-refractivity contribution < 1.29 is 22.7 Å². The van der Waals surface area contributed by atoms with E-state index in [0.29, 0.717) is 18.4 Å². The van der Waals surface area contributed by atoms with E-state index in [4.69, 9.17) is 4.74 Å². The predicted octanol–water partition coefficient (Wildman–Crippen LogP) is 2.51. The van der Waals surface area contributed by atoms with Gasteiger partial charge in [0.25, 0.3) is 0 Å². The molecule has 1 aliphatic rings. The number of piperidine rings is 1. The van der Waals surface area contributed by atoms with Crippen LogP contribution in [0.3, 0.4) is 0 Å². The van der Waals surface area contributed by atoms with Gasteiger partial charge in [0.2, 0.25) is 10.0 Å². The number of ketones is 1. The summed E-state index contributed by atoms with van der Waals surface area (Å²) in [6.45, 7) is 0.207. The summed E-state index contributed by atoms with van der Waals surface area (Å²) < 4.78 is 31.7. The Morgan fingerprint density at radius 2 is 1.48 bits per heavy atom. The number of hydrogen-bond donors (Lipinski definition) is 0. The smallest absolute Gasteiger partial charge is 0.309 e. The molecule has 2 aromatic carbocycles. The van der Waals surface area contributed by atoms with Gasteiger partial charge in [0.05, 0.1) is 10.8 Å². The molecule has 1 heterocycles. The fourth-order valence-corrected chi connectivity index (χ4v) is 4.53. The Morgan fingerprint density at radius 1 is 0.926 bits per heavy atom. The van der Waals surface area contributed by atoms with E-state index in [1.165, 1.54) is 4.31 Å². The number of Topliss-reactive ketones (excluding diaryl/α,β-unsaturated/α-hetero) is 1. The first kappa shape index (κ1) is 19.3. The molecule has 142 valence electrons. The van der Waals surface area contributed by atoms with Crippen LogP contribution in [-0.2, 0) is 19.6 Å². The van der Waals surface area contributed by atoms with Gasteiger partial charge in [-0.1, -0.05) is 48.5 Å². The van der Waals surface area contributed by atoms with Crippen molar-refractivity contribution in [1.82, 2.24) is 4.31 Å². The molecular weight excluding hydrogens is 366 g/mol. The number of ether oxygens (including phenoxy) is 1. The zero-order valence-electron chi connectivity index (χ0n) is 14.8. The van der Waals surface area contributed by atoms with E-state index in [9.17, 15) is 18.0 Å². The van der Waals surface area contributed by atoms with Gasteiger partial charge < -0.3 is 4.74 Å². The Bertz CT molecular complexity index is 888. The van der Waals surface area contributed by atoms with Crippen LogP contribution in [0.1, 0.15) is 23.2 Å². The average Bonchev–Trinajstić information content (AvgIpc) is 2.73. The molecule has 0 radical (unpaired) electrons. The highest BCUT2D eigenvalue weighted by molar-refractivity contribution is 7.89. The third-order valence-electron chi connectivity index (χ3n) is 4.61. The molecular formula is C20H21NO5S. The summed E-state index contributed by atoms with van der Waals surface area (Å²) in [5.41, 5.74) is 0.495. The molecule has 27 heavy (non-hydrogen) atoms. The molecule has 0 unspecified atom stereocenters. The number of hydrogen-bond acceptors (Lipinski definition) is 5. The summed E-state index contributed by atoms with van der Waals surface area (Å²) >= 11 is 0. The zero-order valence-corrected chi connectivity index (χ0v) is 15.6. The van der Waals surface area contributed by atoms with Gasteiger partial charge in [-0.3, -0.25) is 9.59 Å². The van der Waals surface area contributed by atoms with E-state index in [0.717, 1.165) is 0 Å². The summed E-state index contributed by atoms with van der Waals surface area (Å²) in [5.74, 6) is -1.10. The second-order valence-corrected chi connectivity index (χ2v) is 8.33. The molecule has 0 atom stereocenters. The minimum atomic E-state index is -3.55. The Kier molecular flexibility index (Phi) is 6.03. The molecule has 0 spiro atoms. The van der Waals surface area contributed by atoms with Gasteiger partial charge in [0.1, 0.15) is 0 Å². The van der Waals surface area contributed by atoms with E-state index < -0.39 is 21.9 Å². The average molecular weight is 387 g/mol. The Labute approximate surface area is 158 Å². The highest BCUT2D eigenvalue weighted by Gasteiger charge is 2.32. The van der Waals surface area contributed by atoms with Crippen LogP contribution in [0.25, 0.3) is 0 Å². The first-order chi connectivity index (χ1) is 13.0. The van der Waals surface area contributed by atoms with E-state index in [1.807, 2.05) is 0 Å². The number of carbonyl (C=O) groups is 2. The summed E-state index contributed by atoms with van der Waals surface area (Å²) in [6, 6.07) is 16.9. The molecule has 0 aliphatic carbocycles. The van der Waals surface area contributed by atoms with Crippen LogP contribution >= 0.6 is 0 Å². The standard InChI is InChI=1S/C20H21NO5S/c22-19(16-7-3-1-4-8-16)15-26-20(23)17-11-13-21(14-12-17)27(24,25)18-9-5-2-6-10-18/h1-10,17H,11-15H2. The monoisotopic (exact) mass is 387 g/mol. The van der Waals surface area contributed by atoms with Gasteiger partial charge in [-0.25, -0.2) is 8.42 Å². The highest BCUT2D eigenvalue weighted by atomic mass is 32.2. The molecule has 0 saturated carbocycles. The number of nitrogens with zero attached hydrogens (tertiary/aromatic N) is 1. The number of sulfonamides is 1. The lowest BCUT2D eigenvalue weighted by Gasteiger charge is -2.30. The lowest BCUT2D eigenvalue weighted by Crippen LogP contribution is -2.40. The van der Waals surface area contributed by atoms with E-state index in [-0.39, 0.29) is 30.4 Å². The van der Waals surface area contributed by atoms with Crippen LogP contribution in [0.2, 0.25) is 0 Å². The van der Waals surface area contributed by atoms with Crippen molar-refractivity contribution in [3.05, 3.63) is 66.2 Å². The minimum Gasteiger partial charge on any atom is -0.457 e. The first-order valence-corrected chi connectivity index (χ1v) is 10.2. The van der Waals surface area contributed by atoms with Gasteiger partial charge in [0.15, 0.2) is 12.4 Å². The van der Waals surface area contributed by atoms with E-state index >= 15 is 0 Å². The fourth-order valence-electron chi connectivity index (χ4n) is 3.04. The molecule has 0 amide bonds. The van der Waals surface area contributed by atoms with Crippen LogP contribution in [0.4, 0.5) is 0 Å². The van der Waals surface area contributed by atoms with Crippen molar-refractivity contribution in [2.24, 2.45) is 5.92 Å². The SMILES string of the molecule is O=C(COC(=O)C1CCN(S(=O)(=O)c2ccccc2)CC1)c1ccccc1. The largest absolute Gasteiger partial charge is 0.457 e. The maximum atomic E-state index is 12.6. The molecule has 6 nitrogen and oxygen atoms in total. The minimum absolute atomic E-state index is 0.250. The van der Waals surface area contributed by atoms with Crippen molar-refractivity contribution in [1.29, 1.82) is 0 Å². The van der Waals surface area contributed by atoms with Crippen LogP contribution in [-0.4, -0.2) is 44.2 Å². The Hall–Kier alpha value is -2.51. The summed E-state index contributed by atoms with van der Waals surface area (Å²) in [6.07, 6.45) is 0.759. The fraction of sp³-hybridized carbons (Fsp3) is 0.300. The molecule has 1 aliphatic heterocycles. The predicted molar refractivity (Wildman–Crippen MR) is 99.7 cm³/mol. The highest BCUT2D eigenvalue weighted by Crippen LogP contribution is 2.24. The summed E-state index contributed by atoms with van der Waals surface area (Å²) in [4.78, 5) is 24.5. The third-order valence-corrected chi connectivity index (χ3v) is 6.52. The molecule has 0 N–H and O–H groups in total. The first-order valence-electron chi connectivity index (χ1n) is 8.78. The maximum Gasteiger partial charge on any atom is 0.309 e. The normalized spacial score (nSPS) is 16.0. The zero-order chi connectivity index (χ0) is 19.3. The van der Waals surface area contributed by atoms with Gasteiger partial charge in [-0.05, 0) is 25.0 Å². The molecule has 1 saturated heterocycles. The number of benzene rings is 2. The van der Waals surface area contributed by atoms with E-state index in [1.54, 1.807) is 60.7 Å². The van der Waals surface area contributed by atoms with Crippen LogP contribution in [0, 0.1) is 5.92 Å². The van der Waals surface area contributed by atoms with Crippen molar-refractivity contribution in [2.45, 2.75) is 17.7 Å². The quantitative estimate of drug-likeness (QED) is 0.562. The van der Waals surface area contributed by atoms with Crippen molar-refractivity contribution >= 4 is 21.8 Å². The third kappa shape index (κ3) is 4.61. The number of rotatable bonds is 6. The molecule has 2 aromatic rings. The van der Waals surface area contributed by atoms with Crippen molar-refractivity contribution in [3.63, 3.8) is 0 Å². The summed E-state index contributed by atoms with van der Waals surface area (Å²) in [5, 5.41) is 0. The molecule has 0 bridgehead atoms. The lowest BCUT2D eigenvalue weighted by atomic mass is 9.98.